The Morgan fingerprint density at radius 1 is 1.04 bits per heavy atom. The number of likely N-dealkylation sites (N-methyl/N-ethyl adjacent to an activating group) is 1. The molecule has 5 heteroatoms. The van der Waals surface area contributed by atoms with E-state index in [-0.39, 0.29) is 5.91 Å². The Kier molecular flexibility index (Phi) is 5.39. The van der Waals surface area contributed by atoms with Gasteiger partial charge < -0.3 is 14.7 Å². The number of hydrogen-bond acceptors (Lipinski definition) is 4. The Hall–Kier alpha value is -2.40. The van der Waals surface area contributed by atoms with E-state index < -0.39 is 0 Å². The van der Waals surface area contributed by atoms with Crippen LogP contribution in [0.3, 0.4) is 0 Å². The van der Waals surface area contributed by atoms with Crippen LogP contribution in [0.25, 0.3) is 0 Å². The number of nitrogens with zero attached hydrogens (tertiary/aromatic N) is 4. The van der Waals surface area contributed by atoms with Gasteiger partial charge >= 0.3 is 0 Å². The summed E-state index contributed by atoms with van der Waals surface area (Å²) in [6.07, 6.45) is 3.85. The van der Waals surface area contributed by atoms with Crippen LogP contribution in [0.1, 0.15) is 22.5 Å². The number of pyridine rings is 1. The highest BCUT2D eigenvalue weighted by molar-refractivity contribution is 5.94. The number of aromatic nitrogens is 1. The minimum Gasteiger partial charge on any atom is -0.369 e. The summed E-state index contributed by atoms with van der Waals surface area (Å²) in [7, 11) is 2.16. The normalized spacial score (nSPS) is 20.9. The second-order valence-corrected chi connectivity index (χ2v) is 7.77. The smallest absolute Gasteiger partial charge is 0.253 e. The Balaban J connectivity index is 1.34. The molecule has 0 aliphatic carbocycles. The average molecular weight is 364 g/mol. The maximum absolute atomic E-state index is 12.9. The van der Waals surface area contributed by atoms with Gasteiger partial charge in [-0.1, -0.05) is 6.07 Å². The van der Waals surface area contributed by atoms with E-state index >= 15 is 0 Å². The molecule has 1 aromatic heterocycles. The summed E-state index contributed by atoms with van der Waals surface area (Å²) in [4.78, 5) is 24.0. The maximum atomic E-state index is 12.9. The highest BCUT2D eigenvalue weighted by Gasteiger charge is 2.27. The van der Waals surface area contributed by atoms with E-state index in [1.54, 1.807) is 0 Å². The highest BCUT2D eigenvalue weighted by Crippen LogP contribution is 2.23. The van der Waals surface area contributed by atoms with Crippen LogP contribution in [0.2, 0.25) is 0 Å². The number of likely N-dealkylation sites (tertiary alicyclic amines) is 1. The molecule has 1 aromatic carbocycles. The van der Waals surface area contributed by atoms with Gasteiger partial charge in [0.05, 0.1) is 0 Å². The van der Waals surface area contributed by atoms with Gasteiger partial charge in [0.15, 0.2) is 0 Å². The van der Waals surface area contributed by atoms with E-state index in [0.717, 1.165) is 63.4 Å². The van der Waals surface area contributed by atoms with E-state index in [2.05, 4.69) is 40.0 Å². The number of rotatable bonds is 4. The summed E-state index contributed by atoms with van der Waals surface area (Å²) in [5, 5.41) is 0. The average Bonchev–Trinajstić information content (AvgIpc) is 3.17. The molecule has 142 valence electrons. The Morgan fingerprint density at radius 2 is 1.81 bits per heavy atom. The quantitative estimate of drug-likeness (QED) is 0.836. The second kappa shape index (κ2) is 8.09. The van der Waals surface area contributed by atoms with Gasteiger partial charge in [-0.3, -0.25) is 9.78 Å². The van der Waals surface area contributed by atoms with Crippen LogP contribution < -0.4 is 4.90 Å². The standard InChI is InChI=1S/C22H28N4O/c1-24-12-14-25(15-13-24)21-7-5-19(6-8-21)22(27)26-11-9-18(17-26)16-20-4-2-3-10-23-20/h2-8,10,18H,9,11-17H2,1H3. The Bertz CT molecular complexity index is 754. The first-order valence-corrected chi connectivity index (χ1v) is 9.92. The summed E-state index contributed by atoms with van der Waals surface area (Å²) < 4.78 is 0. The molecule has 2 saturated heterocycles. The van der Waals surface area contributed by atoms with Gasteiger partial charge in [-0.05, 0) is 62.2 Å². The van der Waals surface area contributed by atoms with Crippen LogP contribution in [-0.4, -0.2) is 67.0 Å². The van der Waals surface area contributed by atoms with Crippen LogP contribution in [0, 0.1) is 5.92 Å². The first-order chi connectivity index (χ1) is 13.2. The third-order valence-electron chi connectivity index (χ3n) is 5.78. The molecule has 2 aliphatic rings. The topological polar surface area (TPSA) is 39.7 Å². The van der Waals surface area contributed by atoms with Gasteiger partial charge in [0.25, 0.3) is 5.91 Å². The summed E-state index contributed by atoms with van der Waals surface area (Å²) in [5.74, 6) is 0.664. The zero-order valence-corrected chi connectivity index (χ0v) is 16.1. The molecule has 27 heavy (non-hydrogen) atoms. The SMILES string of the molecule is CN1CCN(c2ccc(C(=O)N3CCC(Cc4ccccn4)C3)cc2)CC1. The molecule has 0 spiro atoms. The molecule has 2 aromatic rings. The molecule has 3 heterocycles. The summed E-state index contributed by atoms with van der Waals surface area (Å²) in [5.41, 5.74) is 3.13. The molecular weight excluding hydrogens is 336 g/mol. The number of anilines is 1. The van der Waals surface area contributed by atoms with Crippen molar-refractivity contribution in [2.75, 3.05) is 51.2 Å². The molecule has 2 fully saturated rings. The Labute approximate surface area is 161 Å². The molecule has 1 unspecified atom stereocenters. The molecule has 0 N–H and O–H groups in total. The van der Waals surface area contributed by atoms with Gasteiger partial charge in [0.1, 0.15) is 0 Å². The van der Waals surface area contributed by atoms with Crippen molar-refractivity contribution in [3.63, 3.8) is 0 Å². The van der Waals surface area contributed by atoms with Gasteiger partial charge in [-0.25, -0.2) is 0 Å². The maximum Gasteiger partial charge on any atom is 0.253 e. The number of piperazine rings is 1. The lowest BCUT2D eigenvalue weighted by Gasteiger charge is -2.34. The monoisotopic (exact) mass is 364 g/mol. The van der Waals surface area contributed by atoms with Crippen LogP contribution in [0.4, 0.5) is 5.69 Å². The van der Waals surface area contributed by atoms with Gasteiger partial charge in [0.2, 0.25) is 0 Å². The lowest BCUT2D eigenvalue weighted by atomic mass is 10.0. The molecule has 5 nitrogen and oxygen atoms in total. The lowest BCUT2D eigenvalue weighted by molar-refractivity contribution is 0.0787. The van der Waals surface area contributed by atoms with Crippen LogP contribution in [0.15, 0.2) is 48.7 Å². The molecule has 0 saturated carbocycles. The zero-order chi connectivity index (χ0) is 18.6. The molecule has 0 radical (unpaired) electrons. The fourth-order valence-electron chi connectivity index (χ4n) is 4.06. The van der Waals surface area contributed by atoms with Crippen molar-refractivity contribution >= 4 is 11.6 Å². The first-order valence-electron chi connectivity index (χ1n) is 9.92. The minimum absolute atomic E-state index is 0.156. The van der Waals surface area contributed by atoms with Crippen LogP contribution in [0.5, 0.6) is 0 Å². The molecule has 2 aliphatic heterocycles. The molecule has 4 rings (SSSR count). The van der Waals surface area contributed by atoms with Crippen molar-refractivity contribution in [2.45, 2.75) is 12.8 Å². The largest absolute Gasteiger partial charge is 0.369 e. The fraction of sp³-hybridized carbons (Fsp3) is 0.455. The molecule has 1 amide bonds. The van der Waals surface area contributed by atoms with E-state index in [1.807, 2.05) is 35.4 Å². The van der Waals surface area contributed by atoms with Crippen LogP contribution in [-0.2, 0) is 6.42 Å². The van der Waals surface area contributed by atoms with Gasteiger partial charge in [-0.15, -0.1) is 0 Å². The van der Waals surface area contributed by atoms with Gasteiger partial charge in [-0.2, -0.15) is 0 Å². The third kappa shape index (κ3) is 4.30. The number of benzene rings is 1. The lowest BCUT2D eigenvalue weighted by Crippen LogP contribution is -2.44. The van der Waals surface area contributed by atoms with E-state index in [9.17, 15) is 4.79 Å². The number of carbonyl (C=O) groups is 1. The van der Waals surface area contributed by atoms with Crippen molar-refractivity contribution in [1.82, 2.24) is 14.8 Å². The zero-order valence-electron chi connectivity index (χ0n) is 16.1. The van der Waals surface area contributed by atoms with E-state index in [0.29, 0.717) is 5.92 Å². The number of amides is 1. The third-order valence-corrected chi connectivity index (χ3v) is 5.78. The van der Waals surface area contributed by atoms with Crippen molar-refractivity contribution in [3.05, 3.63) is 59.9 Å². The van der Waals surface area contributed by atoms with Crippen molar-refractivity contribution in [2.24, 2.45) is 5.92 Å². The fourth-order valence-corrected chi connectivity index (χ4v) is 4.06. The van der Waals surface area contributed by atoms with Crippen LogP contribution >= 0.6 is 0 Å². The molecular formula is C22H28N4O. The second-order valence-electron chi connectivity index (χ2n) is 7.77. The summed E-state index contributed by atoms with van der Waals surface area (Å²) in [6, 6.07) is 14.2. The molecule has 1 atom stereocenters. The molecule has 0 bridgehead atoms. The highest BCUT2D eigenvalue weighted by atomic mass is 16.2. The summed E-state index contributed by atoms with van der Waals surface area (Å²) >= 11 is 0. The minimum atomic E-state index is 0.156. The van der Waals surface area contributed by atoms with Gasteiger partial charge in [0, 0.05) is 62.4 Å². The predicted molar refractivity (Wildman–Crippen MR) is 108 cm³/mol. The number of hydrogen-bond donors (Lipinski definition) is 0. The van der Waals surface area contributed by atoms with Crippen molar-refractivity contribution in [3.8, 4) is 0 Å². The van der Waals surface area contributed by atoms with E-state index in [1.165, 1.54) is 5.69 Å². The van der Waals surface area contributed by atoms with Crippen molar-refractivity contribution < 1.29 is 4.79 Å². The Morgan fingerprint density at radius 3 is 2.52 bits per heavy atom. The number of carbonyl (C=O) groups excluding carboxylic acids is 1. The summed E-state index contributed by atoms with van der Waals surface area (Å²) in [6.45, 7) is 5.95. The van der Waals surface area contributed by atoms with E-state index in [4.69, 9.17) is 0 Å². The van der Waals surface area contributed by atoms with Crippen molar-refractivity contribution in [1.29, 1.82) is 0 Å². The first kappa shape index (κ1) is 18.0. The predicted octanol–water partition coefficient (Wildman–Crippen LogP) is 2.54.